The number of benzene rings is 2. The summed E-state index contributed by atoms with van der Waals surface area (Å²) in [6.07, 6.45) is 0.0527. The molecule has 0 saturated carbocycles. The van der Waals surface area contributed by atoms with Gasteiger partial charge in [-0.1, -0.05) is 30.0 Å². The first kappa shape index (κ1) is 23.2. The molecule has 1 fully saturated rings. The number of thiazole rings is 1. The molecule has 10 heteroatoms. The number of halogens is 1. The highest BCUT2D eigenvalue weighted by Gasteiger charge is 2.36. The molecule has 178 valence electrons. The van der Waals surface area contributed by atoms with E-state index in [4.69, 9.17) is 10.5 Å². The molecule has 3 N–H and O–H groups in total. The van der Waals surface area contributed by atoms with Crippen molar-refractivity contribution in [1.29, 1.82) is 0 Å². The molecule has 0 unspecified atom stereocenters. The fourth-order valence-electron chi connectivity index (χ4n) is 4.47. The van der Waals surface area contributed by atoms with Crippen LogP contribution in [0.25, 0.3) is 10.8 Å². The molecule has 5 rings (SSSR count). The number of aromatic nitrogens is 1. The predicted octanol–water partition coefficient (Wildman–Crippen LogP) is 2.52. The zero-order valence-electron chi connectivity index (χ0n) is 18.5. The Kier molecular flexibility index (Phi) is 6.82. The number of thioether (sulfide) groups is 1. The van der Waals surface area contributed by atoms with E-state index >= 15 is 0 Å². The molecule has 1 aliphatic carbocycles. The number of carbonyl (C=O) groups is 2. The van der Waals surface area contributed by atoms with Gasteiger partial charge >= 0.3 is 0 Å². The van der Waals surface area contributed by atoms with Crippen LogP contribution in [0.2, 0.25) is 0 Å². The summed E-state index contributed by atoms with van der Waals surface area (Å²) in [4.78, 5) is 29.9. The quantitative estimate of drug-likeness (QED) is 0.438. The van der Waals surface area contributed by atoms with Crippen molar-refractivity contribution >= 4 is 45.7 Å². The lowest BCUT2D eigenvalue weighted by Gasteiger charge is -2.33. The van der Waals surface area contributed by atoms with Crippen LogP contribution >= 0.6 is 23.1 Å². The number of primary amides is 1. The van der Waals surface area contributed by atoms with E-state index in [0.29, 0.717) is 24.8 Å². The zero-order valence-corrected chi connectivity index (χ0v) is 20.1. The number of fused-ring (bicyclic) bond motifs is 3. The van der Waals surface area contributed by atoms with E-state index < -0.39 is 5.91 Å². The van der Waals surface area contributed by atoms with Crippen molar-refractivity contribution in [1.82, 2.24) is 15.2 Å². The number of rotatable bonds is 9. The standard InChI is InChI=1S/C24H25FN4O3S2/c25-15-2-4-18-14(7-15)1-3-19-20(23(18)19)11-29-5-6-32-17(10-29)9-27-22(31)13-34-24-28-16(12-33-24)8-21(26)30/h1-4,7,12,17,20H,5-6,8-11,13H2,(H2,26,30)(H,27,31)/t17-,20-/m0/s1. The first-order chi connectivity index (χ1) is 16.5. The maximum absolute atomic E-state index is 13.5. The van der Waals surface area contributed by atoms with Crippen LogP contribution in [0.3, 0.4) is 0 Å². The Bertz CT molecular complexity index is 1230. The smallest absolute Gasteiger partial charge is 0.230 e. The number of carbonyl (C=O) groups excluding carboxylic acids is 2. The number of amides is 2. The molecule has 2 heterocycles. The van der Waals surface area contributed by atoms with Gasteiger partial charge in [0.1, 0.15) is 5.82 Å². The van der Waals surface area contributed by atoms with Gasteiger partial charge in [0.25, 0.3) is 0 Å². The minimum atomic E-state index is -0.421. The van der Waals surface area contributed by atoms with Gasteiger partial charge in [-0.2, -0.15) is 0 Å². The number of hydrogen-bond donors (Lipinski definition) is 2. The molecule has 0 spiro atoms. The SMILES string of the molecule is NC(=O)Cc1csc(SCC(=O)NC[C@H]2CN(C[C@H]3c4ccc5cc(F)ccc5c43)CCO2)n1. The summed E-state index contributed by atoms with van der Waals surface area (Å²) in [6, 6.07) is 9.10. The molecule has 7 nitrogen and oxygen atoms in total. The third-order valence-corrected chi connectivity index (χ3v) is 8.17. The van der Waals surface area contributed by atoms with Crippen molar-refractivity contribution < 1.29 is 18.7 Å². The second-order valence-electron chi connectivity index (χ2n) is 8.58. The molecule has 0 radical (unpaired) electrons. The fourth-order valence-corrected chi connectivity index (χ4v) is 6.15. The van der Waals surface area contributed by atoms with E-state index in [0.717, 1.165) is 34.7 Å². The average Bonchev–Trinajstić information content (AvgIpc) is 3.32. The lowest BCUT2D eigenvalue weighted by atomic mass is 10.1. The monoisotopic (exact) mass is 500 g/mol. The molecule has 1 saturated heterocycles. The zero-order chi connectivity index (χ0) is 23.7. The summed E-state index contributed by atoms with van der Waals surface area (Å²) in [5.41, 5.74) is 8.48. The second-order valence-corrected chi connectivity index (χ2v) is 10.7. The van der Waals surface area contributed by atoms with Crippen LogP contribution in [0.1, 0.15) is 22.7 Å². The Morgan fingerprint density at radius 3 is 3.06 bits per heavy atom. The normalized spacial score (nSPS) is 19.7. The fraction of sp³-hybridized carbons (Fsp3) is 0.375. The summed E-state index contributed by atoms with van der Waals surface area (Å²) in [7, 11) is 0. The molecule has 0 bridgehead atoms. The van der Waals surface area contributed by atoms with Crippen LogP contribution in [0.5, 0.6) is 0 Å². The largest absolute Gasteiger partial charge is 0.374 e. The minimum Gasteiger partial charge on any atom is -0.374 e. The summed E-state index contributed by atoms with van der Waals surface area (Å²) in [6.45, 7) is 3.61. The Hall–Kier alpha value is -2.53. The maximum atomic E-state index is 13.5. The summed E-state index contributed by atoms with van der Waals surface area (Å²) in [5, 5.41) is 6.83. The van der Waals surface area contributed by atoms with Crippen LogP contribution in [0.4, 0.5) is 4.39 Å². The lowest BCUT2D eigenvalue weighted by Crippen LogP contribution is -2.48. The van der Waals surface area contributed by atoms with Crippen LogP contribution in [-0.4, -0.2) is 66.3 Å². The van der Waals surface area contributed by atoms with Gasteiger partial charge in [0.2, 0.25) is 11.8 Å². The van der Waals surface area contributed by atoms with E-state index in [-0.39, 0.29) is 30.0 Å². The van der Waals surface area contributed by atoms with E-state index in [2.05, 4.69) is 21.3 Å². The highest BCUT2D eigenvalue weighted by molar-refractivity contribution is 8.01. The third kappa shape index (κ3) is 5.41. The molecule has 1 aromatic heterocycles. The summed E-state index contributed by atoms with van der Waals surface area (Å²) < 4.78 is 20.1. The maximum Gasteiger partial charge on any atom is 0.230 e. The number of nitrogens with zero attached hydrogens (tertiary/aromatic N) is 2. The molecule has 1 aliphatic heterocycles. The van der Waals surface area contributed by atoms with Crippen molar-refractivity contribution in [2.45, 2.75) is 22.8 Å². The van der Waals surface area contributed by atoms with Crippen LogP contribution in [-0.2, 0) is 20.7 Å². The molecular weight excluding hydrogens is 475 g/mol. The highest BCUT2D eigenvalue weighted by Crippen LogP contribution is 2.48. The van der Waals surface area contributed by atoms with Crippen molar-refractivity contribution in [3.63, 3.8) is 0 Å². The van der Waals surface area contributed by atoms with Crippen molar-refractivity contribution in [2.24, 2.45) is 5.73 Å². The molecule has 34 heavy (non-hydrogen) atoms. The first-order valence-electron chi connectivity index (χ1n) is 11.1. The van der Waals surface area contributed by atoms with Crippen molar-refractivity contribution in [2.75, 3.05) is 38.5 Å². The Balaban J connectivity index is 1.07. The average molecular weight is 501 g/mol. The molecule has 2 amide bonds. The van der Waals surface area contributed by atoms with Gasteiger partial charge in [-0.05, 0) is 34.0 Å². The van der Waals surface area contributed by atoms with Gasteiger partial charge in [0.05, 0.1) is 30.6 Å². The van der Waals surface area contributed by atoms with Crippen LogP contribution in [0.15, 0.2) is 40.1 Å². The third-order valence-electron chi connectivity index (χ3n) is 6.10. The summed E-state index contributed by atoms with van der Waals surface area (Å²) >= 11 is 2.75. The predicted molar refractivity (Wildman–Crippen MR) is 131 cm³/mol. The van der Waals surface area contributed by atoms with E-state index in [1.54, 1.807) is 11.4 Å². The molecular formula is C24H25FN4O3S2. The Labute approximate surface area is 204 Å². The van der Waals surface area contributed by atoms with Crippen LogP contribution in [0, 0.1) is 5.82 Å². The van der Waals surface area contributed by atoms with Gasteiger partial charge in [0.15, 0.2) is 4.34 Å². The summed E-state index contributed by atoms with van der Waals surface area (Å²) in [5.74, 6) is -0.0717. The number of hydrogen-bond acceptors (Lipinski definition) is 7. The van der Waals surface area contributed by atoms with E-state index in [1.165, 1.54) is 40.3 Å². The van der Waals surface area contributed by atoms with Crippen molar-refractivity contribution in [3.05, 3.63) is 58.3 Å². The second kappa shape index (κ2) is 9.99. The van der Waals surface area contributed by atoms with Gasteiger partial charge in [-0.15, -0.1) is 11.3 Å². The molecule has 2 atom stereocenters. The van der Waals surface area contributed by atoms with Gasteiger partial charge in [-0.3, -0.25) is 14.5 Å². The van der Waals surface area contributed by atoms with Gasteiger partial charge in [0, 0.05) is 37.5 Å². The number of morpholine rings is 1. The van der Waals surface area contributed by atoms with Gasteiger partial charge in [-0.25, -0.2) is 9.37 Å². The lowest BCUT2D eigenvalue weighted by molar-refractivity contribution is -0.120. The minimum absolute atomic E-state index is 0.0579. The number of nitrogens with two attached hydrogens (primary N) is 1. The Morgan fingerprint density at radius 2 is 2.21 bits per heavy atom. The number of ether oxygens (including phenoxy) is 1. The van der Waals surface area contributed by atoms with Gasteiger partial charge < -0.3 is 15.8 Å². The van der Waals surface area contributed by atoms with E-state index in [9.17, 15) is 14.0 Å². The van der Waals surface area contributed by atoms with Crippen LogP contribution < -0.4 is 11.1 Å². The van der Waals surface area contributed by atoms with E-state index in [1.807, 2.05) is 12.1 Å². The first-order valence-corrected chi connectivity index (χ1v) is 13.0. The number of nitrogens with one attached hydrogen (secondary N) is 1. The molecule has 3 aromatic rings. The topological polar surface area (TPSA) is 97.5 Å². The Morgan fingerprint density at radius 1 is 1.32 bits per heavy atom. The highest BCUT2D eigenvalue weighted by atomic mass is 32.2. The van der Waals surface area contributed by atoms with Crippen molar-refractivity contribution in [3.8, 4) is 0 Å². The molecule has 2 aliphatic rings. The molecule has 2 aromatic carbocycles.